The summed E-state index contributed by atoms with van der Waals surface area (Å²) in [6.45, 7) is 1.53. The molecule has 0 saturated carbocycles. The average molecular weight is 334 g/mol. The summed E-state index contributed by atoms with van der Waals surface area (Å²) in [5.41, 5.74) is -1.32. The number of hydrogen-bond acceptors (Lipinski definition) is 2. The molecule has 2 aromatic rings. The quantitative estimate of drug-likeness (QED) is 0.857. The molecule has 0 amide bonds. The third-order valence-corrected chi connectivity index (χ3v) is 3.19. The minimum Gasteiger partial charge on any atom is -0.477 e. The third-order valence-electron chi connectivity index (χ3n) is 2.53. The Kier molecular flexibility index (Phi) is 3.25. The largest absolute Gasteiger partial charge is 0.477 e. The van der Waals surface area contributed by atoms with E-state index in [1.807, 2.05) is 0 Å². The first-order chi connectivity index (χ1) is 8.70. The van der Waals surface area contributed by atoms with Gasteiger partial charge in [-0.15, -0.1) is 0 Å². The molecule has 0 aliphatic heterocycles. The van der Waals surface area contributed by atoms with Crippen LogP contribution in [0.1, 0.15) is 21.6 Å². The molecule has 0 radical (unpaired) electrons. The highest BCUT2D eigenvalue weighted by Crippen LogP contribution is 2.37. The van der Waals surface area contributed by atoms with Gasteiger partial charge in [-0.05, 0) is 30.7 Å². The highest BCUT2D eigenvalue weighted by molar-refractivity contribution is 9.10. The van der Waals surface area contributed by atoms with Crippen LogP contribution in [0.2, 0.25) is 0 Å². The Morgan fingerprint density at radius 2 is 1.95 bits per heavy atom. The van der Waals surface area contributed by atoms with Gasteiger partial charge in [0.15, 0.2) is 0 Å². The molecule has 0 spiro atoms. The summed E-state index contributed by atoms with van der Waals surface area (Å²) in [4.78, 5) is 14.5. The normalized spacial score (nSPS) is 11.8. The van der Waals surface area contributed by atoms with Crippen LogP contribution in [0, 0.1) is 6.92 Å². The van der Waals surface area contributed by atoms with Crippen molar-refractivity contribution >= 4 is 32.8 Å². The van der Waals surface area contributed by atoms with Crippen molar-refractivity contribution in [3.63, 3.8) is 0 Å². The number of nitrogens with zero attached hydrogens (tertiary/aromatic N) is 1. The van der Waals surface area contributed by atoms with E-state index in [0.29, 0.717) is 5.56 Å². The number of aromatic nitrogens is 1. The van der Waals surface area contributed by atoms with Crippen molar-refractivity contribution in [1.29, 1.82) is 0 Å². The minimum absolute atomic E-state index is 0.234. The molecule has 0 saturated heterocycles. The number of aromatic carboxylic acids is 1. The third kappa shape index (κ3) is 2.56. The molecular formula is C12H7BrF3NO2. The molecular weight excluding hydrogens is 327 g/mol. The van der Waals surface area contributed by atoms with Gasteiger partial charge >= 0.3 is 12.1 Å². The predicted molar refractivity (Wildman–Crippen MR) is 66.1 cm³/mol. The first kappa shape index (κ1) is 13.8. The second kappa shape index (κ2) is 4.48. The molecule has 0 bridgehead atoms. The van der Waals surface area contributed by atoms with Crippen LogP contribution in [0.25, 0.3) is 10.9 Å². The summed E-state index contributed by atoms with van der Waals surface area (Å²) in [6, 6.07) is 3.66. The summed E-state index contributed by atoms with van der Waals surface area (Å²) in [5.74, 6) is -1.38. The SMILES string of the molecule is Cc1cc(C(F)(F)F)c2nc(C(=O)O)cc(Br)c2c1. The molecule has 7 heteroatoms. The zero-order valence-corrected chi connectivity index (χ0v) is 11.1. The molecule has 0 atom stereocenters. The van der Waals surface area contributed by atoms with Crippen LogP contribution in [-0.2, 0) is 6.18 Å². The lowest BCUT2D eigenvalue weighted by Gasteiger charge is -2.12. The van der Waals surface area contributed by atoms with Crippen LogP contribution >= 0.6 is 15.9 Å². The Morgan fingerprint density at radius 3 is 2.47 bits per heavy atom. The maximum Gasteiger partial charge on any atom is 0.418 e. The summed E-state index contributed by atoms with van der Waals surface area (Å²) in [6.07, 6.45) is -4.59. The molecule has 100 valence electrons. The Morgan fingerprint density at radius 1 is 1.32 bits per heavy atom. The van der Waals surface area contributed by atoms with Crippen LogP contribution in [-0.4, -0.2) is 16.1 Å². The number of carboxylic acid groups (broad SMARTS) is 1. The highest BCUT2D eigenvalue weighted by Gasteiger charge is 2.34. The Hall–Kier alpha value is -1.63. The van der Waals surface area contributed by atoms with E-state index in [2.05, 4.69) is 20.9 Å². The maximum absolute atomic E-state index is 13.0. The molecule has 1 aromatic carbocycles. The van der Waals surface area contributed by atoms with Crippen molar-refractivity contribution in [2.75, 3.05) is 0 Å². The van der Waals surface area contributed by atoms with E-state index in [-0.39, 0.29) is 15.4 Å². The molecule has 0 aliphatic rings. The van der Waals surface area contributed by atoms with E-state index in [4.69, 9.17) is 5.11 Å². The van der Waals surface area contributed by atoms with Crippen LogP contribution in [0.3, 0.4) is 0 Å². The summed E-state index contributed by atoms with van der Waals surface area (Å²) in [7, 11) is 0. The number of hydrogen-bond donors (Lipinski definition) is 1. The van der Waals surface area contributed by atoms with E-state index in [1.165, 1.54) is 19.1 Å². The highest BCUT2D eigenvalue weighted by atomic mass is 79.9. The van der Waals surface area contributed by atoms with Crippen LogP contribution < -0.4 is 0 Å². The van der Waals surface area contributed by atoms with Crippen LogP contribution in [0.5, 0.6) is 0 Å². The number of halogens is 4. The standard InChI is InChI=1S/C12H7BrF3NO2/c1-5-2-6-8(13)4-9(11(18)19)17-10(6)7(3-5)12(14,15)16/h2-4H,1H3,(H,18,19). The molecule has 0 unspecified atom stereocenters. The second-order valence-corrected chi connectivity index (χ2v) is 4.86. The maximum atomic E-state index is 13.0. The van der Waals surface area contributed by atoms with Gasteiger partial charge in [-0.3, -0.25) is 0 Å². The number of benzene rings is 1. The van der Waals surface area contributed by atoms with Crippen LogP contribution in [0.4, 0.5) is 13.2 Å². The first-order valence-corrected chi connectivity index (χ1v) is 5.91. The lowest BCUT2D eigenvalue weighted by molar-refractivity contribution is -0.136. The van der Waals surface area contributed by atoms with Crippen molar-refractivity contribution in [3.05, 3.63) is 39.5 Å². The molecule has 1 N–H and O–H groups in total. The summed E-state index contributed by atoms with van der Waals surface area (Å²) < 4.78 is 39.1. The number of alkyl halides is 3. The fraction of sp³-hybridized carbons (Fsp3) is 0.167. The molecule has 1 heterocycles. The van der Waals surface area contributed by atoms with Crippen molar-refractivity contribution in [2.45, 2.75) is 13.1 Å². The number of fused-ring (bicyclic) bond motifs is 1. The van der Waals surface area contributed by atoms with Gasteiger partial charge in [-0.2, -0.15) is 13.2 Å². The van der Waals surface area contributed by atoms with Gasteiger partial charge in [0.1, 0.15) is 5.69 Å². The number of pyridine rings is 1. The molecule has 19 heavy (non-hydrogen) atoms. The monoisotopic (exact) mass is 333 g/mol. The van der Waals surface area contributed by atoms with E-state index >= 15 is 0 Å². The summed E-state index contributed by atoms with van der Waals surface area (Å²) >= 11 is 3.08. The topological polar surface area (TPSA) is 50.2 Å². The van der Waals surface area contributed by atoms with Gasteiger partial charge in [0, 0.05) is 9.86 Å². The van der Waals surface area contributed by atoms with Gasteiger partial charge in [0.2, 0.25) is 0 Å². The average Bonchev–Trinajstić information content (AvgIpc) is 2.27. The molecule has 2 rings (SSSR count). The summed E-state index contributed by atoms with van der Waals surface area (Å²) in [5, 5.41) is 9.09. The minimum atomic E-state index is -4.59. The number of aryl methyl sites for hydroxylation is 1. The smallest absolute Gasteiger partial charge is 0.418 e. The lowest BCUT2D eigenvalue weighted by Crippen LogP contribution is -2.09. The Bertz CT molecular complexity index is 683. The molecule has 1 aromatic heterocycles. The lowest BCUT2D eigenvalue weighted by atomic mass is 10.0. The van der Waals surface area contributed by atoms with Crippen molar-refractivity contribution < 1.29 is 23.1 Å². The van der Waals surface area contributed by atoms with Crippen molar-refractivity contribution in [1.82, 2.24) is 4.98 Å². The zero-order valence-electron chi connectivity index (χ0n) is 9.55. The van der Waals surface area contributed by atoms with Crippen molar-refractivity contribution in [3.8, 4) is 0 Å². The second-order valence-electron chi connectivity index (χ2n) is 4.00. The van der Waals surface area contributed by atoms with Crippen molar-refractivity contribution in [2.24, 2.45) is 0 Å². The molecule has 0 fully saturated rings. The number of carboxylic acids is 1. The van der Waals surface area contributed by atoms with Gasteiger partial charge in [-0.1, -0.05) is 15.9 Å². The molecule has 3 nitrogen and oxygen atoms in total. The van der Waals surface area contributed by atoms with Gasteiger partial charge in [-0.25, -0.2) is 9.78 Å². The fourth-order valence-corrected chi connectivity index (χ4v) is 2.28. The Labute approximate surface area is 114 Å². The predicted octanol–water partition coefficient (Wildman–Crippen LogP) is 4.02. The Balaban J connectivity index is 2.92. The fourth-order valence-electron chi connectivity index (χ4n) is 1.76. The van der Waals surface area contributed by atoms with Crippen LogP contribution in [0.15, 0.2) is 22.7 Å². The number of carbonyl (C=O) groups is 1. The van der Waals surface area contributed by atoms with E-state index in [1.54, 1.807) is 0 Å². The number of rotatable bonds is 1. The van der Waals surface area contributed by atoms with Gasteiger partial charge in [0.05, 0.1) is 11.1 Å². The van der Waals surface area contributed by atoms with Gasteiger partial charge < -0.3 is 5.11 Å². The zero-order chi connectivity index (χ0) is 14.4. The van der Waals surface area contributed by atoms with E-state index in [0.717, 1.165) is 6.07 Å². The first-order valence-electron chi connectivity index (χ1n) is 5.11. The van der Waals surface area contributed by atoms with E-state index in [9.17, 15) is 18.0 Å². The van der Waals surface area contributed by atoms with E-state index < -0.39 is 23.4 Å². The molecule has 0 aliphatic carbocycles. The van der Waals surface area contributed by atoms with Gasteiger partial charge in [0.25, 0.3) is 0 Å².